The summed E-state index contributed by atoms with van der Waals surface area (Å²) in [6.07, 6.45) is 1.06. The molecule has 0 aliphatic carbocycles. The fraction of sp³-hybridized carbons (Fsp3) is 0.200. The zero-order valence-electron chi connectivity index (χ0n) is 12.7. The Labute approximate surface area is 144 Å². The molecule has 0 radical (unpaired) electrons. The summed E-state index contributed by atoms with van der Waals surface area (Å²) in [7, 11) is 0. The van der Waals surface area contributed by atoms with Crippen LogP contribution in [0.25, 0.3) is 10.8 Å². The minimum Gasteiger partial charge on any atom is -0.393 e. The number of halogens is 1. The number of hydrogen-bond donors (Lipinski definition) is 2. The average molecular weight is 368 g/mol. The monoisotopic (exact) mass is 367 g/mol. The van der Waals surface area contributed by atoms with Gasteiger partial charge in [-0.1, -0.05) is 64.5 Å². The van der Waals surface area contributed by atoms with Crippen molar-refractivity contribution in [1.29, 1.82) is 0 Å². The molecular weight excluding hydrogens is 350 g/mol. The SMILES string of the molecule is O[C@@H]1Cc2ccc3ccccc3c2N[C@H](c2cccc(Br)c2)C1. The smallest absolute Gasteiger partial charge is 0.0604 e. The van der Waals surface area contributed by atoms with Crippen molar-refractivity contribution >= 4 is 32.4 Å². The van der Waals surface area contributed by atoms with Crippen LogP contribution in [0, 0.1) is 0 Å². The minimum absolute atomic E-state index is 0.106. The zero-order valence-corrected chi connectivity index (χ0v) is 14.3. The molecule has 0 saturated heterocycles. The highest BCUT2D eigenvalue weighted by atomic mass is 79.9. The Balaban J connectivity index is 1.83. The highest BCUT2D eigenvalue weighted by Gasteiger charge is 2.24. The van der Waals surface area contributed by atoms with E-state index in [0.29, 0.717) is 12.8 Å². The molecule has 23 heavy (non-hydrogen) atoms. The number of aliphatic hydroxyl groups is 1. The van der Waals surface area contributed by atoms with Crippen molar-refractivity contribution in [1.82, 2.24) is 0 Å². The van der Waals surface area contributed by atoms with Crippen LogP contribution >= 0.6 is 15.9 Å². The molecule has 0 amide bonds. The van der Waals surface area contributed by atoms with Gasteiger partial charge < -0.3 is 10.4 Å². The van der Waals surface area contributed by atoms with Gasteiger partial charge in [-0.05, 0) is 35.1 Å². The fourth-order valence-electron chi connectivity index (χ4n) is 3.44. The Morgan fingerprint density at radius 3 is 2.74 bits per heavy atom. The van der Waals surface area contributed by atoms with Crippen molar-refractivity contribution in [2.75, 3.05) is 5.32 Å². The molecule has 2 atom stereocenters. The number of benzene rings is 3. The second kappa shape index (κ2) is 5.99. The van der Waals surface area contributed by atoms with Crippen LogP contribution in [0.4, 0.5) is 5.69 Å². The van der Waals surface area contributed by atoms with Crippen LogP contribution in [0.15, 0.2) is 65.1 Å². The van der Waals surface area contributed by atoms with Gasteiger partial charge in [0.1, 0.15) is 0 Å². The van der Waals surface area contributed by atoms with Gasteiger partial charge in [-0.15, -0.1) is 0 Å². The van der Waals surface area contributed by atoms with E-state index in [-0.39, 0.29) is 12.1 Å². The first-order chi connectivity index (χ1) is 11.2. The van der Waals surface area contributed by atoms with Crippen molar-refractivity contribution in [3.05, 3.63) is 76.3 Å². The molecule has 116 valence electrons. The van der Waals surface area contributed by atoms with E-state index in [1.807, 2.05) is 12.1 Å². The molecule has 0 saturated carbocycles. The summed E-state index contributed by atoms with van der Waals surface area (Å²) in [4.78, 5) is 0. The Kier molecular flexibility index (Phi) is 3.83. The quantitative estimate of drug-likeness (QED) is 0.629. The molecule has 1 heterocycles. The van der Waals surface area contributed by atoms with Crippen molar-refractivity contribution in [3.8, 4) is 0 Å². The summed E-state index contributed by atoms with van der Waals surface area (Å²) in [5.74, 6) is 0. The Hall–Kier alpha value is -1.84. The first-order valence-corrected chi connectivity index (χ1v) is 8.71. The van der Waals surface area contributed by atoms with Gasteiger partial charge in [-0.25, -0.2) is 0 Å². The number of rotatable bonds is 1. The van der Waals surface area contributed by atoms with Gasteiger partial charge in [0.05, 0.1) is 12.1 Å². The summed E-state index contributed by atoms with van der Waals surface area (Å²) in [6, 6.07) is 21.1. The Morgan fingerprint density at radius 1 is 1.00 bits per heavy atom. The van der Waals surface area contributed by atoms with Crippen LogP contribution in [0.1, 0.15) is 23.6 Å². The molecule has 0 aromatic heterocycles. The van der Waals surface area contributed by atoms with E-state index in [2.05, 4.69) is 69.8 Å². The maximum absolute atomic E-state index is 10.5. The van der Waals surface area contributed by atoms with Crippen LogP contribution in [0.2, 0.25) is 0 Å². The van der Waals surface area contributed by atoms with Gasteiger partial charge in [0.25, 0.3) is 0 Å². The molecule has 0 bridgehead atoms. The van der Waals surface area contributed by atoms with E-state index in [1.54, 1.807) is 0 Å². The lowest BCUT2D eigenvalue weighted by Crippen LogP contribution is -2.16. The topological polar surface area (TPSA) is 32.3 Å². The van der Waals surface area contributed by atoms with E-state index in [0.717, 1.165) is 10.2 Å². The minimum atomic E-state index is -0.339. The first-order valence-electron chi connectivity index (χ1n) is 7.91. The van der Waals surface area contributed by atoms with E-state index >= 15 is 0 Å². The van der Waals surface area contributed by atoms with Crippen LogP contribution in [-0.4, -0.2) is 11.2 Å². The summed E-state index contributed by atoms with van der Waals surface area (Å²) in [5, 5.41) is 16.6. The number of aliphatic hydroxyl groups excluding tert-OH is 1. The van der Waals surface area contributed by atoms with Crippen molar-refractivity contribution < 1.29 is 5.11 Å². The fourth-order valence-corrected chi connectivity index (χ4v) is 3.86. The Bertz CT molecular complexity index is 861. The third-order valence-corrected chi connectivity index (χ3v) is 5.04. The standard InChI is InChI=1S/C20H18BrNO/c21-16-6-3-5-14(10-16)19-12-17(23)11-15-9-8-13-4-1-2-7-18(13)20(15)22-19/h1-10,17,19,22-23H,11-12H2/t17-,19+/m1/s1. The van der Waals surface area contributed by atoms with Gasteiger partial charge in [0.15, 0.2) is 0 Å². The van der Waals surface area contributed by atoms with Crippen molar-refractivity contribution in [2.24, 2.45) is 0 Å². The average Bonchev–Trinajstić information content (AvgIpc) is 2.73. The number of fused-ring (bicyclic) bond motifs is 3. The molecule has 2 N–H and O–H groups in total. The van der Waals surface area contributed by atoms with Crippen LogP contribution in [-0.2, 0) is 6.42 Å². The molecule has 3 heteroatoms. The maximum atomic E-state index is 10.5. The van der Waals surface area contributed by atoms with E-state index in [4.69, 9.17) is 0 Å². The van der Waals surface area contributed by atoms with Crippen LogP contribution in [0.5, 0.6) is 0 Å². The predicted molar refractivity (Wildman–Crippen MR) is 98.8 cm³/mol. The molecule has 0 fully saturated rings. The maximum Gasteiger partial charge on any atom is 0.0604 e. The lowest BCUT2D eigenvalue weighted by Gasteiger charge is -2.21. The third kappa shape index (κ3) is 2.87. The molecule has 0 spiro atoms. The van der Waals surface area contributed by atoms with Gasteiger partial charge in [0.2, 0.25) is 0 Å². The summed E-state index contributed by atoms with van der Waals surface area (Å²) in [5.41, 5.74) is 3.54. The molecule has 0 unspecified atom stereocenters. The summed E-state index contributed by atoms with van der Waals surface area (Å²) >= 11 is 3.54. The van der Waals surface area contributed by atoms with E-state index in [1.165, 1.54) is 21.9 Å². The van der Waals surface area contributed by atoms with Crippen LogP contribution in [0.3, 0.4) is 0 Å². The van der Waals surface area contributed by atoms with E-state index in [9.17, 15) is 5.11 Å². The largest absolute Gasteiger partial charge is 0.393 e. The second-order valence-electron chi connectivity index (χ2n) is 6.17. The van der Waals surface area contributed by atoms with Gasteiger partial charge in [-0.2, -0.15) is 0 Å². The molecule has 4 rings (SSSR count). The first kappa shape index (κ1) is 14.7. The highest BCUT2D eigenvalue weighted by molar-refractivity contribution is 9.10. The number of hydrogen-bond acceptors (Lipinski definition) is 2. The molecule has 2 nitrogen and oxygen atoms in total. The Morgan fingerprint density at radius 2 is 1.87 bits per heavy atom. The van der Waals surface area contributed by atoms with Gasteiger partial charge in [0, 0.05) is 22.0 Å². The second-order valence-corrected chi connectivity index (χ2v) is 7.08. The molecular formula is C20H18BrNO. The zero-order chi connectivity index (χ0) is 15.8. The van der Waals surface area contributed by atoms with Gasteiger partial charge >= 0.3 is 0 Å². The molecule has 3 aromatic carbocycles. The van der Waals surface area contributed by atoms with Gasteiger partial charge in [-0.3, -0.25) is 0 Å². The highest BCUT2D eigenvalue weighted by Crippen LogP contribution is 2.36. The third-order valence-electron chi connectivity index (χ3n) is 4.55. The molecule has 3 aromatic rings. The molecule has 1 aliphatic heterocycles. The lowest BCUT2D eigenvalue weighted by molar-refractivity contribution is 0.161. The predicted octanol–water partition coefficient (Wildman–Crippen LogP) is 5.06. The van der Waals surface area contributed by atoms with Crippen LogP contribution < -0.4 is 5.32 Å². The number of anilines is 1. The number of nitrogens with one attached hydrogen (secondary N) is 1. The molecule has 1 aliphatic rings. The van der Waals surface area contributed by atoms with Crippen molar-refractivity contribution in [3.63, 3.8) is 0 Å². The lowest BCUT2D eigenvalue weighted by atomic mass is 9.99. The normalized spacial score (nSPS) is 20.6. The summed E-state index contributed by atoms with van der Waals surface area (Å²) < 4.78 is 1.06. The van der Waals surface area contributed by atoms with Crippen molar-refractivity contribution in [2.45, 2.75) is 25.0 Å². The van der Waals surface area contributed by atoms with E-state index < -0.39 is 0 Å². The summed E-state index contributed by atoms with van der Waals surface area (Å²) in [6.45, 7) is 0.